The third kappa shape index (κ3) is 2.66. The molecule has 0 saturated carbocycles. The Morgan fingerprint density at radius 3 is 2.75 bits per heavy atom. The van der Waals surface area contributed by atoms with E-state index in [1.807, 2.05) is 23.1 Å². The zero-order chi connectivity index (χ0) is 16.0. The Balaban J connectivity index is 0.00000169. The summed E-state index contributed by atoms with van der Waals surface area (Å²) >= 11 is 0. The van der Waals surface area contributed by atoms with Crippen LogP contribution < -0.4 is 15.4 Å². The summed E-state index contributed by atoms with van der Waals surface area (Å²) in [6.07, 6.45) is 1.30. The molecule has 4 rings (SSSR count). The van der Waals surface area contributed by atoms with Gasteiger partial charge >= 0.3 is 0 Å². The first-order valence-corrected chi connectivity index (χ1v) is 8.03. The molecule has 0 aromatic heterocycles. The molecule has 24 heavy (non-hydrogen) atoms. The van der Waals surface area contributed by atoms with Gasteiger partial charge in [-0.3, -0.25) is 4.79 Å². The van der Waals surface area contributed by atoms with Crippen LogP contribution in [0.1, 0.15) is 22.3 Å². The van der Waals surface area contributed by atoms with Crippen LogP contribution in [0.4, 0.5) is 5.69 Å². The van der Waals surface area contributed by atoms with E-state index in [4.69, 9.17) is 10.5 Å². The topological polar surface area (TPSA) is 55.6 Å². The quantitative estimate of drug-likeness (QED) is 0.931. The summed E-state index contributed by atoms with van der Waals surface area (Å²) in [5, 5.41) is 0. The van der Waals surface area contributed by atoms with E-state index in [2.05, 4.69) is 25.1 Å². The number of anilines is 1. The van der Waals surface area contributed by atoms with Gasteiger partial charge in [0, 0.05) is 18.5 Å². The highest BCUT2D eigenvalue weighted by atomic mass is 35.5. The summed E-state index contributed by atoms with van der Waals surface area (Å²) in [4.78, 5) is 14.5. The van der Waals surface area contributed by atoms with E-state index in [-0.39, 0.29) is 24.4 Å². The molecule has 0 fully saturated rings. The molecule has 2 aliphatic rings. The van der Waals surface area contributed by atoms with Gasteiger partial charge < -0.3 is 15.4 Å². The summed E-state index contributed by atoms with van der Waals surface area (Å²) in [6, 6.07) is 12.2. The molecule has 2 heterocycles. The Labute approximate surface area is 148 Å². The van der Waals surface area contributed by atoms with Gasteiger partial charge in [-0.25, -0.2) is 0 Å². The fourth-order valence-electron chi connectivity index (χ4n) is 3.66. The van der Waals surface area contributed by atoms with E-state index in [1.165, 1.54) is 5.56 Å². The number of rotatable bonds is 3. The minimum atomic E-state index is 0. The lowest BCUT2D eigenvalue weighted by molar-refractivity contribution is -0.117. The molecule has 0 radical (unpaired) electrons. The minimum absolute atomic E-state index is 0. The SMILES string of the molecule is Cc1cc2c(c3c1N(Cc1ccccc1)C(=O)C3)OC(CN)C2.Cl. The van der Waals surface area contributed by atoms with Crippen LogP contribution in [0.5, 0.6) is 5.75 Å². The van der Waals surface area contributed by atoms with E-state index in [9.17, 15) is 4.79 Å². The van der Waals surface area contributed by atoms with Crippen molar-refractivity contribution in [3.8, 4) is 5.75 Å². The number of hydrogen-bond donors (Lipinski definition) is 1. The highest BCUT2D eigenvalue weighted by molar-refractivity contribution is 6.03. The number of hydrogen-bond acceptors (Lipinski definition) is 3. The zero-order valence-corrected chi connectivity index (χ0v) is 14.4. The highest BCUT2D eigenvalue weighted by Gasteiger charge is 2.36. The Morgan fingerprint density at radius 2 is 2.04 bits per heavy atom. The Hall–Kier alpha value is -2.04. The smallest absolute Gasteiger partial charge is 0.231 e. The Kier molecular flexibility index (Phi) is 4.52. The second-order valence-electron chi connectivity index (χ2n) is 6.33. The van der Waals surface area contributed by atoms with Crippen molar-refractivity contribution in [1.29, 1.82) is 0 Å². The van der Waals surface area contributed by atoms with Crippen LogP contribution in [-0.4, -0.2) is 18.6 Å². The van der Waals surface area contributed by atoms with Crippen molar-refractivity contribution in [1.82, 2.24) is 0 Å². The maximum atomic E-state index is 12.6. The van der Waals surface area contributed by atoms with Gasteiger partial charge in [-0.2, -0.15) is 0 Å². The van der Waals surface area contributed by atoms with E-state index in [0.717, 1.165) is 34.5 Å². The largest absolute Gasteiger partial charge is 0.488 e. The number of halogens is 1. The van der Waals surface area contributed by atoms with Crippen molar-refractivity contribution in [2.24, 2.45) is 5.73 Å². The van der Waals surface area contributed by atoms with Gasteiger partial charge in [-0.1, -0.05) is 36.4 Å². The van der Waals surface area contributed by atoms with E-state index in [0.29, 0.717) is 19.5 Å². The summed E-state index contributed by atoms with van der Waals surface area (Å²) in [5.41, 5.74) is 11.3. The second-order valence-corrected chi connectivity index (χ2v) is 6.33. The summed E-state index contributed by atoms with van der Waals surface area (Å²) in [6.45, 7) is 3.18. The molecule has 1 atom stereocenters. The first-order chi connectivity index (χ1) is 11.2. The number of nitrogens with two attached hydrogens (primary N) is 1. The minimum Gasteiger partial charge on any atom is -0.488 e. The number of carbonyl (C=O) groups is 1. The normalized spacial score (nSPS) is 18.0. The van der Waals surface area contributed by atoms with Crippen molar-refractivity contribution in [3.63, 3.8) is 0 Å². The molecule has 4 nitrogen and oxygen atoms in total. The predicted octanol–water partition coefficient (Wildman–Crippen LogP) is 2.77. The molecule has 2 aliphatic heterocycles. The van der Waals surface area contributed by atoms with Crippen LogP contribution in [0.25, 0.3) is 0 Å². The number of nitrogens with zero attached hydrogens (tertiary/aromatic N) is 1. The molecule has 1 unspecified atom stereocenters. The number of ether oxygens (including phenoxy) is 1. The number of carbonyl (C=O) groups excluding carboxylic acids is 1. The molecule has 0 aliphatic carbocycles. The molecule has 1 amide bonds. The third-order valence-electron chi connectivity index (χ3n) is 4.69. The predicted molar refractivity (Wildman–Crippen MR) is 96.9 cm³/mol. The van der Waals surface area contributed by atoms with Crippen LogP contribution >= 0.6 is 12.4 Å². The van der Waals surface area contributed by atoms with Crippen molar-refractivity contribution in [2.75, 3.05) is 11.4 Å². The summed E-state index contributed by atoms with van der Waals surface area (Å²) in [7, 11) is 0. The van der Waals surface area contributed by atoms with Crippen LogP contribution in [0.15, 0.2) is 36.4 Å². The molecule has 5 heteroatoms. The average molecular weight is 345 g/mol. The van der Waals surface area contributed by atoms with Gasteiger partial charge in [-0.05, 0) is 23.6 Å². The van der Waals surface area contributed by atoms with Crippen molar-refractivity contribution in [2.45, 2.75) is 32.4 Å². The standard InChI is InChI=1S/C19H20N2O2.ClH/c1-12-7-14-8-15(10-20)23-19(14)16-9-17(22)21(18(12)16)11-13-5-3-2-4-6-13;/h2-7,15H,8-11,20H2,1H3;1H. The van der Waals surface area contributed by atoms with Crippen molar-refractivity contribution >= 4 is 24.0 Å². The Morgan fingerprint density at radius 1 is 1.29 bits per heavy atom. The third-order valence-corrected chi connectivity index (χ3v) is 4.69. The van der Waals surface area contributed by atoms with Gasteiger partial charge in [-0.15, -0.1) is 12.4 Å². The van der Waals surface area contributed by atoms with Crippen LogP contribution in [0.2, 0.25) is 0 Å². The summed E-state index contributed by atoms with van der Waals surface area (Å²) in [5.74, 6) is 1.03. The van der Waals surface area contributed by atoms with Crippen molar-refractivity contribution in [3.05, 3.63) is 58.7 Å². The second kappa shape index (κ2) is 6.46. The Bertz CT molecular complexity index is 777. The molecule has 0 saturated heterocycles. The maximum Gasteiger partial charge on any atom is 0.231 e. The number of aryl methyl sites for hydroxylation is 1. The highest BCUT2D eigenvalue weighted by Crippen LogP contribution is 2.44. The average Bonchev–Trinajstić information content (AvgIpc) is 3.10. The molecular weight excluding hydrogens is 324 g/mol. The van der Waals surface area contributed by atoms with Gasteiger partial charge in [0.15, 0.2) is 0 Å². The molecule has 2 aromatic carbocycles. The van der Waals surface area contributed by atoms with E-state index in [1.54, 1.807) is 0 Å². The van der Waals surface area contributed by atoms with E-state index >= 15 is 0 Å². The monoisotopic (exact) mass is 344 g/mol. The number of amides is 1. The van der Waals surface area contributed by atoms with Gasteiger partial charge in [0.05, 0.1) is 18.7 Å². The lowest BCUT2D eigenvalue weighted by Crippen LogP contribution is -2.26. The van der Waals surface area contributed by atoms with Gasteiger partial charge in [0.1, 0.15) is 11.9 Å². The van der Waals surface area contributed by atoms with Crippen LogP contribution in [0, 0.1) is 6.92 Å². The number of fused-ring (bicyclic) bond motifs is 3. The molecular formula is C19H21ClN2O2. The van der Waals surface area contributed by atoms with Gasteiger partial charge in [0.25, 0.3) is 0 Å². The first kappa shape index (κ1) is 16.8. The molecule has 0 bridgehead atoms. The van der Waals surface area contributed by atoms with Crippen LogP contribution in [-0.2, 0) is 24.2 Å². The van der Waals surface area contributed by atoms with Gasteiger partial charge in [0.2, 0.25) is 5.91 Å². The molecule has 126 valence electrons. The zero-order valence-electron chi connectivity index (χ0n) is 13.6. The first-order valence-electron chi connectivity index (χ1n) is 8.03. The van der Waals surface area contributed by atoms with E-state index < -0.39 is 0 Å². The molecule has 2 N–H and O–H groups in total. The lowest BCUT2D eigenvalue weighted by Gasteiger charge is -2.20. The molecule has 0 spiro atoms. The van der Waals surface area contributed by atoms with Crippen LogP contribution in [0.3, 0.4) is 0 Å². The van der Waals surface area contributed by atoms with Crippen molar-refractivity contribution < 1.29 is 9.53 Å². The fourth-order valence-corrected chi connectivity index (χ4v) is 3.66. The molecule has 2 aromatic rings. The fraction of sp³-hybridized carbons (Fsp3) is 0.316. The lowest BCUT2D eigenvalue weighted by atomic mass is 10.00. The maximum absolute atomic E-state index is 12.6. The summed E-state index contributed by atoms with van der Waals surface area (Å²) < 4.78 is 6.00. The number of benzene rings is 2.